The maximum absolute atomic E-state index is 10.2. The highest BCUT2D eigenvalue weighted by atomic mass is 16.3. The molecule has 1 N–H and O–H groups in total. The summed E-state index contributed by atoms with van der Waals surface area (Å²) in [6, 6.07) is 1.83. The summed E-state index contributed by atoms with van der Waals surface area (Å²) in [5, 5.41) is 21.8. The van der Waals surface area contributed by atoms with Crippen LogP contribution in [0.1, 0.15) is 30.0 Å². The van der Waals surface area contributed by atoms with E-state index in [1.165, 1.54) is 4.80 Å². The first kappa shape index (κ1) is 11.7. The number of rotatable bonds is 4. The third-order valence-corrected chi connectivity index (χ3v) is 2.61. The summed E-state index contributed by atoms with van der Waals surface area (Å²) in [7, 11) is 1.70. The standard InChI is InChI=1S/C11H15N5O/c1-3-8-7-12-5-4-9(8)10(17)6-11-13-15-16(2)14-11/h4-5,7,10,17H,3,6H2,1-2H3. The van der Waals surface area contributed by atoms with Crippen molar-refractivity contribution in [1.29, 1.82) is 0 Å². The summed E-state index contributed by atoms with van der Waals surface area (Å²) in [5.74, 6) is 0.541. The molecule has 0 aliphatic carbocycles. The fourth-order valence-electron chi connectivity index (χ4n) is 1.75. The van der Waals surface area contributed by atoms with Crippen LogP contribution in [0.25, 0.3) is 0 Å². The van der Waals surface area contributed by atoms with Crippen LogP contribution in [-0.4, -0.2) is 30.3 Å². The average molecular weight is 233 g/mol. The Morgan fingerprint density at radius 2 is 2.29 bits per heavy atom. The van der Waals surface area contributed by atoms with E-state index in [4.69, 9.17) is 0 Å². The quantitative estimate of drug-likeness (QED) is 0.829. The van der Waals surface area contributed by atoms with Crippen LogP contribution in [0.4, 0.5) is 0 Å². The highest BCUT2D eigenvalue weighted by Gasteiger charge is 2.14. The molecule has 6 nitrogen and oxygen atoms in total. The molecule has 17 heavy (non-hydrogen) atoms. The van der Waals surface area contributed by atoms with Crippen LogP contribution in [-0.2, 0) is 19.9 Å². The van der Waals surface area contributed by atoms with Crippen molar-refractivity contribution in [1.82, 2.24) is 25.2 Å². The minimum Gasteiger partial charge on any atom is -0.388 e. The molecule has 0 saturated carbocycles. The molecule has 2 aromatic heterocycles. The van der Waals surface area contributed by atoms with Crippen molar-refractivity contribution >= 4 is 0 Å². The van der Waals surface area contributed by atoms with E-state index >= 15 is 0 Å². The molecule has 0 fully saturated rings. The Morgan fingerprint density at radius 1 is 1.47 bits per heavy atom. The summed E-state index contributed by atoms with van der Waals surface area (Å²) in [6.07, 6.45) is 4.06. The zero-order chi connectivity index (χ0) is 12.3. The summed E-state index contributed by atoms with van der Waals surface area (Å²) < 4.78 is 0. The second-order valence-corrected chi connectivity index (χ2v) is 3.84. The molecule has 0 aromatic carbocycles. The Hall–Kier alpha value is -1.82. The lowest BCUT2D eigenvalue weighted by molar-refractivity contribution is 0.174. The number of hydrogen-bond donors (Lipinski definition) is 1. The SMILES string of the molecule is CCc1cnccc1C(O)Cc1nnn(C)n1. The topological polar surface area (TPSA) is 76.7 Å². The minimum atomic E-state index is -0.614. The zero-order valence-corrected chi connectivity index (χ0v) is 9.91. The Balaban J connectivity index is 2.16. The third kappa shape index (κ3) is 2.65. The predicted octanol–water partition coefficient (Wildman–Crippen LogP) is 0.444. The molecular formula is C11H15N5O. The van der Waals surface area contributed by atoms with Crippen LogP contribution in [0.3, 0.4) is 0 Å². The number of nitrogens with zero attached hydrogens (tertiary/aromatic N) is 5. The van der Waals surface area contributed by atoms with Crippen molar-refractivity contribution in [3.8, 4) is 0 Å². The van der Waals surface area contributed by atoms with E-state index in [9.17, 15) is 5.11 Å². The Bertz CT molecular complexity index is 496. The lowest BCUT2D eigenvalue weighted by Crippen LogP contribution is -2.07. The average Bonchev–Trinajstić information content (AvgIpc) is 2.74. The smallest absolute Gasteiger partial charge is 0.177 e. The van der Waals surface area contributed by atoms with Gasteiger partial charge < -0.3 is 5.11 Å². The van der Waals surface area contributed by atoms with E-state index in [0.717, 1.165) is 17.5 Å². The Labute approximate surface area is 99.3 Å². The van der Waals surface area contributed by atoms with Gasteiger partial charge in [-0.1, -0.05) is 6.92 Å². The fraction of sp³-hybridized carbons (Fsp3) is 0.455. The van der Waals surface area contributed by atoms with Crippen molar-refractivity contribution in [2.75, 3.05) is 0 Å². The molecule has 2 rings (SSSR count). The van der Waals surface area contributed by atoms with Crippen LogP contribution in [0.5, 0.6) is 0 Å². The van der Waals surface area contributed by atoms with Gasteiger partial charge in [0, 0.05) is 18.8 Å². The van der Waals surface area contributed by atoms with Crippen LogP contribution < -0.4 is 0 Å². The van der Waals surface area contributed by atoms with E-state index in [1.807, 2.05) is 13.0 Å². The van der Waals surface area contributed by atoms with Crippen molar-refractivity contribution in [2.45, 2.75) is 25.9 Å². The van der Waals surface area contributed by atoms with E-state index in [1.54, 1.807) is 19.4 Å². The molecule has 1 atom stereocenters. The number of aliphatic hydroxyl groups is 1. The first-order valence-electron chi connectivity index (χ1n) is 5.54. The lowest BCUT2D eigenvalue weighted by Gasteiger charge is -2.12. The van der Waals surface area contributed by atoms with Gasteiger partial charge in [-0.3, -0.25) is 4.98 Å². The summed E-state index contributed by atoms with van der Waals surface area (Å²) in [5.41, 5.74) is 1.93. The largest absolute Gasteiger partial charge is 0.388 e. The fourth-order valence-corrected chi connectivity index (χ4v) is 1.75. The number of tetrazole rings is 1. The predicted molar refractivity (Wildman–Crippen MR) is 61.1 cm³/mol. The van der Waals surface area contributed by atoms with Gasteiger partial charge in [-0.15, -0.1) is 10.2 Å². The van der Waals surface area contributed by atoms with E-state index in [0.29, 0.717) is 12.2 Å². The highest BCUT2D eigenvalue weighted by Crippen LogP contribution is 2.20. The molecule has 90 valence electrons. The van der Waals surface area contributed by atoms with Gasteiger partial charge in [0.05, 0.1) is 13.2 Å². The number of pyridine rings is 1. The lowest BCUT2D eigenvalue weighted by atomic mass is 10.0. The first-order chi connectivity index (χ1) is 8.20. The molecular weight excluding hydrogens is 218 g/mol. The van der Waals surface area contributed by atoms with Gasteiger partial charge in [-0.2, -0.15) is 4.80 Å². The molecule has 0 amide bonds. The summed E-state index contributed by atoms with van der Waals surface area (Å²) in [4.78, 5) is 5.44. The van der Waals surface area contributed by atoms with Crippen molar-refractivity contribution < 1.29 is 5.11 Å². The van der Waals surface area contributed by atoms with Gasteiger partial charge in [0.1, 0.15) is 0 Å². The van der Waals surface area contributed by atoms with Gasteiger partial charge in [-0.25, -0.2) is 0 Å². The molecule has 0 spiro atoms. The monoisotopic (exact) mass is 233 g/mol. The molecule has 2 aromatic rings. The number of aromatic nitrogens is 5. The van der Waals surface area contributed by atoms with Crippen molar-refractivity contribution in [2.24, 2.45) is 7.05 Å². The molecule has 0 aliphatic heterocycles. The molecule has 2 heterocycles. The number of aliphatic hydroxyl groups excluding tert-OH is 1. The second-order valence-electron chi connectivity index (χ2n) is 3.84. The Morgan fingerprint density at radius 3 is 2.94 bits per heavy atom. The molecule has 0 saturated heterocycles. The molecule has 0 radical (unpaired) electrons. The summed E-state index contributed by atoms with van der Waals surface area (Å²) >= 11 is 0. The summed E-state index contributed by atoms with van der Waals surface area (Å²) in [6.45, 7) is 2.04. The van der Waals surface area contributed by atoms with Crippen LogP contribution in [0, 0.1) is 0 Å². The zero-order valence-electron chi connectivity index (χ0n) is 9.91. The van der Waals surface area contributed by atoms with Gasteiger partial charge in [0.15, 0.2) is 5.82 Å². The highest BCUT2D eigenvalue weighted by molar-refractivity contribution is 5.26. The van der Waals surface area contributed by atoms with Crippen molar-refractivity contribution in [3.63, 3.8) is 0 Å². The second kappa shape index (κ2) is 5.01. The van der Waals surface area contributed by atoms with Crippen LogP contribution in [0.15, 0.2) is 18.5 Å². The molecule has 0 bridgehead atoms. The number of aryl methyl sites for hydroxylation is 2. The van der Waals surface area contributed by atoms with Crippen LogP contribution >= 0.6 is 0 Å². The van der Waals surface area contributed by atoms with Gasteiger partial charge in [0.2, 0.25) is 0 Å². The molecule has 1 unspecified atom stereocenters. The first-order valence-corrected chi connectivity index (χ1v) is 5.54. The third-order valence-electron chi connectivity index (χ3n) is 2.61. The van der Waals surface area contributed by atoms with Gasteiger partial charge in [-0.05, 0) is 28.8 Å². The van der Waals surface area contributed by atoms with E-state index in [-0.39, 0.29) is 0 Å². The minimum absolute atomic E-state index is 0.366. The normalized spacial score (nSPS) is 12.6. The number of hydrogen-bond acceptors (Lipinski definition) is 5. The van der Waals surface area contributed by atoms with Crippen LogP contribution in [0.2, 0.25) is 0 Å². The Kier molecular flexibility index (Phi) is 3.43. The molecule has 0 aliphatic rings. The van der Waals surface area contributed by atoms with Gasteiger partial charge in [0.25, 0.3) is 0 Å². The van der Waals surface area contributed by atoms with Gasteiger partial charge >= 0.3 is 0 Å². The maximum Gasteiger partial charge on any atom is 0.177 e. The van der Waals surface area contributed by atoms with Crippen molar-refractivity contribution in [3.05, 3.63) is 35.4 Å². The molecule has 6 heteroatoms. The van der Waals surface area contributed by atoms with E-state index < -0.39 is 6.10 Å². The van der Waals surface area contributed by atoms with E-state index in [2.05, 4.69) is 20.4 Å². The maximum atomic E-state index is 10.2.